The maximum absolute atomic E-state index is 3.61. The largest absolute Gasteiger partial charge is 1.00 e. The van der Waals surface area contributed by atoms with Gasteiger partial charge in [-0.15, -0.1) is 10.1 Å². The second-order valence-corrected chi connectivity index (χ2v) is 7.28. The minimum Gasteiger partial charge on any atom is -1.00 e. The first-order chi connectivity index (χ1) is 12.7. The maximum atomic E-state index is 3.61. The number of hydrazine groups is 1. The van der Waals surface area contributed by atoms with Crippen LogP contribution in [0.25, 0.3) is 5.70 Å². The number of nitrogens with zero attached hydrogens (tertiary/aromatic N) is 1. The third kappa shape index (κ3) is 4.18. The summed E-state index contributed by atoms with van der Waals surface area (Å²) >= 11 is 1.73. The van der Waals surface area contributed by atoms with Gasteiger partial charge in [-0.25, -0.2) is 0 Å². The van der Waals surface area contributed by atoms with E-state index in [1.54, 1.807) is 11.8 Å². The van der Waals surface area contributed by atoms with Crippen molar-refractivity contribution < 1.29 is 22.1 Å². The zero-order valence-corrected chi connectivity index (χ0v) is 17.7. The van der Waals surface area contributed by atoms with Crippen LogP contribution in [0.1, 0.15) is 22.3 Å². The normalized spacial score (nSPS) is 13.5. The molecule has 0 unspecified atom stereocenters. The van der Waals surface area contributed by atoms with Crippen molar-refractivity contribution >= 4 is 28.2 Å². The molecular weight excluding hydrogens is 416 g/mol. The molecule has 0 spiro atoms. The van der Waals surface area contributed by atoms with E-state index in [9.17, 15) is 0 Å². The number of benzene rings is 3. The van der Waals surface area contributed by atoms with Crippen LogP contribution in [0.15, 0.2) is 84.3 Å². The van der Waals surface area contributed by atoms with E-state index in [1.165, 1.54) is 22.3 Å². The Hall–Kier alpha value is -2.30. The number of thioether (sulfide) groups is 1. The predicted molar refractivity (Wildman–Crippen MR) is 112 cm³/mol. The molecule has 0 radical (unpaired) electrons. The fourth-order valence-electron chi connectivity index (χ4n) is 2.96. The minimum absolute atomic E-state index is 0. The van der Waals surface area contributed by atoms with Gasteiger partial charge < -0.3 is 17.0 Å². The summed E-state index contributed by atoms with van der Waals surface area (Å²) in [6.45, 7) is 4.31. The number of hydrazone groups is 1. The minimum atomic E-state index is 0. The lowest BCUT2D eigenvalue weighted by molar-refractivity contribution is -0.456. The van der Waals surface area contributed by atoms with Crippen LogP contribution in [0.2, 0.25) is 0 Å². The molecule has 0 bridgehead atoms. The molecule has 3 aromatic rings. The lowest BCUT2D eigenvalue weighted by Gasteiger charge is -2.22. The molecule has 1 N–H and O–H groups in total. The Bertz CT molecular complexity index is 982. The van der Waals surface area contributed by atoms with Crippen molar-refractivity contribution in [1.82, 2.24) is 0 Å². The summed E-state index contributed by atoms with van der Waals surface area (Å²) < 4.78 is 0. The van der Waals surface area contributed by atoms with Gasteiger partial charge in [-0.1, -0.05) is 48.5 Å². The second kappa shape index (κ2) is 8.59. The second-order valence-electron chi connectivity index (χ2n) is 6.40. The van der Waals surface area contributed by atoms with Gasteiger partial charge >= 0.3 is 0 Å². The molecule has 0 saturated carbocycles. The van der Waals surface area contributed by atoms with Crippen molar-refractivity contribution in [3.8, 4) is 0 Å². The smallest absolute Gasteiger partial charge is 0.273 e. The Kier molecular flexibility index (Phi) is 6.19. The summed E-state index contributed by atoms with van der Waals surface area (Å²) in [5.74, 6) is 0. The SMILES string of the molecule is Cc1ccc(C2=CSC(c3ccccc3)=[NH+]N2c2ccccc2)cc1C.[Br-]. The fraction of sp³-hybridized carbons (Fsp3) is 0.0870. The number of aryl methyl sites for hydroxylation is 2. The standard InChI is InChI=1S/C23H20N2S.BrH/c1-17-13-14-20(15-18(17)2)22-16-26-23(19-9-5-3-6-10-19)24-25(22)21-11-7-4-8-12-21;/h3-16H,1-2H3;1H. The highest BCUT2D eigenvalue weighted by atomic mass is 79.9. The summed E-state index contributed by atoms with van der Waals surface area (Å²) in [5.41, 5.74) is 7.29. The topological polar surface area (TPSA) is 17.2 Å². The van der Waals surface area contributed by atoms with E-state index < -0.39 is 0 Å². The van der Waals surface area contributed by atoms with Gasteiger partial charge in [0.1, 0.15) is 11.4 Å². The van der Waals surface area contributed by atoms with Crippen LogP contribution in [0, 0.1) is 13.8 Å². The molecule has 27 heavy (non-hydrogen) atoms. The van der Waals surface area contributed by atoms with Crippen molar-refractivity contribution in [2.45, 2.75) is 13.8 Å². The van der Waals surface area contributed by atoms with E-state index in [0.29, 0.717) is 0 Å². The first-order valence-corrected chi connectivity index (χ1v) is 9.59. The lowest BCUT2D eigenvalue weighted by atomic mass is 10.0. The molecule has 1 aliphatic rings. The number of hydrogen-bond donors (Lipinski definition) is 1. The van der Waals surface area contributed by atoms with Gasteiger partial charge in [0.15, 0.2) is 0 Å². The monoisotopic (exact) mass is 436 g/mol. The van der Waals surface area contributed by atoms with Gasteiger partial charge in [-0.05, 0) is 67.1 Å². The highest BCUT2D eigenvalue weighted by Crippen LogP contribution is 2.29. The number of para-hydroxylation sites is 1. The van der Waals surface area contributed by atoms with Gasteiger partial charge in [0.25, 0.3) is 5.04 Å². The van der Waals surface area contributed by atoms with E-state index in [0.717, 1.165) is 16.4 Å². The third-order valence-electron chi connectivity index (χ3n) is 4.60. The Morgan fingerprint density at radius 3 is 2.07 bits per heavy atom. The lowest BCUT2D eigenvalue weighted by Crippen LogP contribution is -3.00. The average Bonchev–Trinajstić information content (AvgIpc) is 2.71. The number of rotatable bonds is 3. The Balaban J connectivity index is 0.00000210. The molecule has 0 aromatic heterocycles. The molecule has 4 rings (SSSR count). The average molecular weight is 437 g/mol. The van der Waals surface area contributed by atoms with Gasteiger partial charge in [-0.2, -0.15) is 0 Å². The molecule has 136 valence electrons. The third-order valence-corrected chi connectivity index (χ3v) is 5.50. The van der Waals surface area contributed by atoms with E-state index >= 15 is 0 Å². The quantitative estimate of drug-likeness (QED) is 0.666. The zero-order valence-electron chi connectivity index (χ0n) is 15.3. The number of hydrogen-bond acceptors (Lipinski definition) is 2. The van der Waals surface area contributed by atoms with Crippen LogP contribution < -0.4 is 27.1 Å². The molecule has 3 aromatic carbocycles. The summed E-state index contributed by atoms with van der Waals surface area (Å²) in [5, 5.41) is 9.14. The molecule has 0 atom stereocenters. The Morgan fingerprint density at radius 2 is 1.41 bits per heavy atom. The van der Waals surface area contributed by atoms with Crippen LogP contribution in [0.5, 0.6) is 0 Å². The summed E-state index contributed by atoms with van der Waals surface area (Å²) in [7, 11) is 0. The summed E-state index contributed by atoms with van der Waals surface area (Å²) in [6.07, 6.45) is 0. The molecule has 0 aliphatic carbocycles. The number of anilines is 1. The number of nitrogens with one attached hydrogen (secondary N) is 1. The van der Waals surface area contributed by atoms with Crippen molar-refractivity contribution in [3.63, 3.8) is 0 Å². The van der Waals surface area contributed by atoms with Crippen molar-refractivity contribution in [2.24, 2.45) is 0 Å². The Morgan fingerprint density at radius 1 is 0.741 bits per heavy atom. The molecule has 1 heterocycles. The van der Waals surface area contributed by atoms with Gasteiger partial charge in [0.2, 0.25) is 0 Å². The molecule has 2 nitrogen and oxygen atoms in total. The van der Waals surface area contributed by atoms with E-state index in [2.05, 4.69) is 96.1 Å². The van der Waals surface area contributed by atoms with Crippen molar-refractivity contribution in [1.29, 1.82) is 0 Å². The van der Waals surface area contributed by atoms with Crippen molar-refractivity contribution in [3.05, 3.63) is 107 Å². The van der Waals surface area contributed by atoms with Gasteiger partial charge in [-0.3, -0.25) is 0 Å². The predicted octanol–water partition coefficient (Wildman–Crippen LogP) is 1.30. The summed E-state index contributed by atoms with van der Waals surface area (Å²) in [6, 6.07) is 27.5. The first kappa shape index (κ1) is 19.5. The van der Waals surface area contributed by atoms with Gasteiger partial charge in [0, 0.05) is 11.0 Å². The van der Waals surface area contributed by atoms with Crippen LogP contribution in [0.4, 0.5) is 5.69 Å². The molecular formula is C23H21BrN2S. The highest BCUT2D eigenvalue weighted by Gasteiger charge is 2.26. The van der Waals surface area contributed by atoms with Crippen molar-refractivity contribution in [2.75, 3.05) is 5.01 Å². The van der Waals surface area contributed by atoms with Crippen LogP contribution in [-0.2, 0) is 0 Å². The highest BCUT2D eigenvalue weighted by molar-refractivity contribution is 8.16. The maximum Gasteiger partial charge on any atom is 0.273 e. The Labute approximate surface area is 175 Å². The number of halogens is 1. The van der Waals surface area contributed by atoms with E-state index in [1.807, 2.05) is 12.1 Å². The molecule has 0 amide bonds. The van der Waals surface area contributed by atoms with Crippen LogP contribution in [-0.4, -0.2) is 5.04 Å². The molecule has 0 fully saturated rings. The molecule has 0 saturated heterocycles. The fourth-order valence-corrected chi connectivity index (χ4v) is 3.84. The van der Waals surface area contributed by atoms with Crippen LogP contribution >= 0.6 is 11.8 Å². The molecule has 1 aliphatic heterocycles. The first-order valence-electron chi connectivity index (χ1n) is 8.71. The summed E-state index contributed by atoms with van der Waals surface area (Å²) in [4.78, 5) is 0. The zero-order chi connectivity index (χ0) is 17.9. The van der Waals surface area contributed by atoms with Crippen LogP contribution in [0.3, 0.4) is 0 Å². The van der Waals surface area contributed by atoms with Gasteiger partial charge in [0.05, 0.1) is 5.56 Å². The van der Waals surface area contributed by atoms with E-state index in [4.69, 9.17) is 0 Å². The van der Waals surface area contributed by atoms with E-state index in [-0.39, 0.29) is 17.0 Å². The molecule has 4 heteroatoms.